The molecule has 1 aliphatic heterocycles. The summed E-state index contributed by atoms with van der Waals surface area (Å²) in [5, 5.41) is 11.5. The molecule has 1 aliphatic rings. The first-order chi connectivity index (χ1) is 14.5. The van der Waals surface area contributed by atoms with Gasteiger partial charge in [0.15, 0.2) is 11.5 Å². The highest BCUT2D eigenvalue weighted by Gasteiger charge is 2.17. The van der Waals surface area contributed by atoms with Gasteiger partial charge in [0, 0.05) is 5.56 Å². The molecule has 8 heteroatoms. The van der Waals surface area contributed by atoms with E-state index in [1.807, 2.05) is 51.1 Å². The number of nitrogens with one attached hydrogen (secondary N) is 1. The maximum atomic E-state index is 12.4. The molecular formula is C22H23N3O4S. The van der Waals surface area contributed by atoms with Crippen molar-refractivity contribution in [3.63, 3.8) is 0 Å². The zero-order valence-corrected chi connectivity index (χ0v) is 17.9. The van der Waals surface area contributed by atoms with Gasteiger partial charge in [-0.1, -0.05) is 35.0 Å². The third-order valence-electron chi connectivity index (χ3n) is 4.65. The zero-order chi connectivity index (χ0) is 21.1. The van der Waals surface area contributed by atoms with Gasteiger partial charge in [0.2, 0.25) is 11.8 Å². The fraction of sp³-hybridized carbons (Fsp3) is 0.318. The van der Waals surface area contributed by atoms with E-state index < -0.39 is 0 Å². The molecule has 0 bridgehead atoms. The van der Waals surface area contributed by atoms with Crippen molar-refractivity contribution in [2.45, 2.75) is 32.0 Å². The van der Waals surface area contributed by atoms with Crippen molar-refractivity contribution >= 4 is 17.7 Å². The molecule has 1 amide bonds. The van der Waals surface area contributed by atoms with Crippen LogP contribution in [0.15, 0.2) is 46.0 Å². The molecule has 30 heavy (non-hydrogen) atoms. The fourth-order valence-corrected chi connectivity index (χ4v) is 3.88. The number of ether oxygens (including phenoxy) is 2. The van der Waals surface area contributed by atoms with E-state index in [1.54, 1.807) is 0 Å². The van der Waals surface area contributed by atoms with Crippen molar-refractivity contribution in [3.05, 3.63) is 53.1 Å². The van der Waals surface area contributed by atoms with Crippen LogP contribution in [0, 0.1) is 13.8 Å². The SMILES string of the molecule is Cc1cc(C)cc(-c2nnc(SCC(=O)NC(C)c3ccc4c(c3)OCCO4)o2)c1. The molecule has 1 atom stereocenters. The molecule has 0 saturated heterocycles. The fourth-order valence-electron chi connectivity index (χ4n) is 3.31. The van der Waals surface area contributed by atoms with Crippen molar-refractivity contribution in [3.8, 4) is 23.0 Å². The number of nitrogens with zero attached hydrogens (tertiary/aromatic N) is 2. The van der Waals surface area contributed by atoms with Crippen molar-refractivity contribution in [1.82, 2.24) is 15.5 Å². The van der Waals surface area contributed by atoms with Gasteiger partial charge in [-0.15, -0.1) is 10.2 Å². The molecule has 0 saturated carbocycles. The lowest BCUT2D eigenvalue weighted by atomic mass is 10.1. The Hall–Kier alpha value is -3.00. The molecule has 1 aromatic heterocycles. The molecule has 2 heterocycles. The normalized spacial score (nSPS) is 13.7. The minimum atomic E-state index is -0.164. The number of fused-ring (bicyclic) bond motifs is 1. The lowest BCUT2D eigenvalue weighted by Gasteiger charge is -2.21. The minimum absolute atomic E-state index is 0.117. The second-order valence-corrected chi connectivity index (χ2v) is 8.16. The van der Waals surface area contributed by atoms with Crippen LogP contribution in [0.25, 0.3) is 11.5 Å². The molecule has 7 nitrogen and oxygen atoms in total. The van der Waals surface area contributed by atoms with Gasteiger partial charge in [0.1, 0.15) is 13.2 Å². The lowest BCUT2D eigenvalue weighted by Crippen LogP contribution is -2.28. The van der Waals surface area contributed by atoms with Gasteiger partial charge < -0.3 is 19.2 Å². The molecule has 0 aliphatic carbocycles. The number of rotatable bonds is 6. The Kier molecular flexibility index (Phi) is 5.94. The Balaban J connectivity index is 1.33. The average molecular weight is 426 g/mol. The number of benzene rings is 2. The number of aromatic nitrogens is 2. The molecule has 1 N–H and O–H groups in total. The molecule has 4 rings (SSSR count). The number of thioether (sulfide) groups is 1. The number of amides is 1. The second-order valence-electron chi connectivity index (χ2n) is 7.23. The Morgan fingerprint density at radius 2 is 1.80 bits per heavy atom. The number of carbonyl (C=O) groups excluding carboxylic acids is 1. The van der Waals surface area contributed by atoms with Crippen molar-refractivity contribution in [1.29, 1.82) is 0 Å². The first-order valence-corrected chi connectivity index (χ1v) is 10.7. The van der Waals surface area contributed by atoms with Crippen LogP contribution < -0.4 is 14.8 Å². The summed E-state index contributed by atoms with van der Waals surface area (Å²) in [6.45, 7) is 7.06. The largest absolute Gasteiger partial charge is 0.486 e. The summed E-state index contributed by atoms with van der Waals surface area (Å²) in [6.07, 6.45) is 0. The second kappa shape index (κ2) is 8.79. The summed E-state index contributed by atoms with van der Waals surface area (Å²) >= 11 is 1.22. The van der Waals surface area contributed by atoms with Crippen LogP contribution in [0.3, 0.4) is 0 Å². The zero-order valence-electron chi connectivity index (χ0n) is 17.1. The van der Waals surface area contributed by atoms with Gasteiger partial charge in [-0.25, -0.2) is 0 Å². The van der Waals surface area contributed by atoms with Crippen molar-refractivity contribution in [2.75, 3.05) is 19.0 Å². The number of hydrogen-bond donors (Lipinski definition) is 1. The maximum Gasteiger partial charge on any atom is 0.277 e. The molecule has 1 unspecified atom stereocenters. The third kappa shape index (κ3) is 4.76. The van der Waals surface area contributed by atoms with E-state index in [4.69, 9.17) is 13.9 Å². The van der Waals surface area contributed by atoms with E-state index in [0.29, 0.717) is 30.1 Å². The van der Waals surface area contributed by atoms with Gasteiger partial charge in [0.05, 0.1) is 11.8 Å². The number of aryl methyl sites for hydroxylation is 2. The predicted octanol–water partition coefficient (Wildman–Crippen LogP) is 4.09. The van der Waals surface area contributed by atoms with Crippen LogP contribution in [0.1, 0.15) is 29.7 Å². The third-order valence-corrected chi connectivity index (χ3v) is 5.46. The van der Waals surface area contributed by atoms with Gasteiger partial charge in [0.25, 0.3) is 5.22 Å². The van der Waals surface area contributed by atoms with Gasteiger partial charge in [-0.3, -0.25) is 4.79 Å². The number of hydrogen-bond acceptors (Lipinski definition) is 7. The summed E-state index contributed by atoms with van der Waals surface area (Å²) < 4.78 is 16.9. The Morgan fingerprint density at radius 3 is 2.57 bits per heavy atom. The molecule has 0 radical (unpaired) electrons. The summed E-state index contributed by atoms with van der Waals surface area (Å²) in [5.74, 6) is 1.96. The molecule has 0 spiro atoms. The van der Waals surface area contributed by atoms with Crippen LogP contribution in [0.5, 0.6) is 11.5 Å². The minimum Gasteiger partial charge on any atom is -0.486 e. The lowest BCUT2D eigenvalue weighted by molar-refractivity contribution is -0.119. The van der Waals surface area contributed by atoms with Gasteiger partial charge in [-0.2, -0.15) is 0 Å². The van der Waals surface area contributed by atoms with E-state index >= 15 is 0 Å². The summed E-state index contributed by atoms with van der Waals surface area (Å²) in [7, 11) is 0. The molecule has 3 aromatic rings. The highest BCUT2D eigenvalue weighted by atomic mass is 32.2. The van der Waals surface area contributed by atoms with Crippen LogP contribution in [-0.4, -0.2) is 35.1 Å². The van der Waals surface area contributed by atoms with E-state index in [2.05, 4.69) is 21.6 Å². The van der Waals surface area contributed by atoms with Crippen molar-refractivity contribution < 1.29 is 18.7 Å². The van der Waals surface area contributed by atoms with Crippen LogP contribution >= 0.6 is 11.8 Å². The van der Waals surface area contributed by atoms with Crippen LogP contribution in [-0.2, 0) is 4.79 Å². The summed E-state index contributed by atoms with van der Waals surface area (Å²) in [6, 6.07) is 11.6. The highest BCUT2D eigenvalue weighted by Crippen LogP contribution is 2.32. The van der Waals surface area contributed by atoms with Crippen LogP contribution in [0.4, 0.5) is 0 Å². The van der Waals surface area contributed by atoms with E-state index in [9.17, 15) is 4.79 Å². The van der Waals surface area contributed by atoms with E-state index in [-0.39, 0.29) is 17.7 Å². The monoisotopic (exact) mass is 425 g/mol. The molecule has 156 valence electrons. The van der Waals surface area contributed by atoms with Gasteiger partial charge >= 0.3 is 0 Å². The first-order valence-electron chi connectivity index (χ1n) is 9.72. The Morgan fingerprint density at radius 1 is 1.07 bits per heavy atom. The Bertz CT molecular complexity index is 1050. The average Bonchev–Trinajstić information content (AvgIpc) is 3.20. The smallest absolute Gasteiger partial charge is 0.277 e. The maximum absolute atomic E-state index is 12.4. The Labute approximate surface area is 179 Å². The molecular weight excluding hydrogens is 402 g/mol. The number of carbonyl (C=O) groups is 1. The molecule has 0 fully saturated rings. The van der Waals surface area contributed by atoms with Crippen molar-refractivity contribution in [2.24, 2.45) is 0 Å². The standard InChI is InChI=1S/C22H23N3O4S/c1-13-8-14(2)10-17(9-13)21-24-25-22(29-21)30-12-20(26)23-15(3)16-4-5-18-19(11-16)28-7-6-27-18/h4-5,8-11,15H,6-7,12H2,1-3H3,(H,23,26). The highest BCUT2D eigenvalue weighted by molar-refractivity contribution is 7.99. The summed E-state index contributed by atoms with van der Waals surface area (Å²) in [5.41, 5.74) is 4.09. The first kappa shape index (κ1) is 20.3. The van der Waals surface area contributed by atoms with E-state index in [0.717, 1.165) is 28.0 Å². The molecule has 2 aromatic carbocycles. The summed E-state index contributed by atoms with van der Waals surface area (Å²) in [4.78, 5) is 12.4. The predicted molar refractivity (Wildman–Crippen MR) is 114 cm³/mol. The quantitative estimate of drug-likeness (QED) is 0.595. The topological polar surface area (TPSA) is 86.5 Å². The van der Waals surface area contributed by atoms with Crippen LogP contribution in [0.2, 0.25) is 0 Å². The van der Waals surface area contributed by atoms with E-state index in [1.165, 1.54) is 11.8 Å². The van der Waals surface area contributed by atoms with Gasteiger partial charge in [-0.05, 0) is 50.6 Å².